The molecule has 0 saturated carbocycles. The van der Waals surface area contributed by atoms with E-state index in [-0.39, 0.29) is 0 Å². The molecule has 3 rings (SSSR count). The van der Waals surface area contributed by atoms with Gasteiger partial charge in [0.05, 0.1) is 0 Å². The summed E-state index contributed by atoms with van der Waals surface area (Å²) < 4.78 is 0. The first-order chi connectivity index (χ1) is 11.8. The van der Waals surface area contributed by atoms with Crippen LogP contribution in [0.2, 0.25) is 0 Å². The van der Waals surface area contributed by atoms with Crippen molar-refractivity contribution in [3.8, 4) is 22.3 Å². The Balaban J connectivity index is 1.91. The van der Waals surface area contributed by atoms with Crippen LogP contribution in [0.15, 0.2) is 78.9 Å². The van der Waals surface area contributed by atoms with Crippen molar-refractivity contribution >= 4 is 6.08 Å². The van der Waals surface area contributed by atoms with Crippen LogP contribution in [0.5, 0.6) is 0 Å². The van der Waals surface area contributed by atoms with Crippen molar-refractivity contribution in [3.05, 3.63) is 90.0 Å². The maximum absolute atomic E-state index is 2.25. The highest BCUT2D eigenvalue weighted by Gasteiger charge is 2.04. The van der Waals surface area contributed by atoms with Gasteiger partial charge in [-0.3, -0.25) is 0 Å². The molecule has 0 aliphatic heterocycles. The van der Waals surface area contributed by atoms with Crippen LogP contribution in [-0.2, 0) is 6.42 Å². The summed E-state index contributed by atoms with van der Waals surface area (Å²) in [5.74, 6) is 0. The predicted octanol–water partition coefficient (Wildman–Crippen LogP) is 7.01. The van der Waals surface area contributed by atoms with E-state index in [2.05, 4.69) is 98.8 Å². The van der Waals surface area contributed by atoms with Gasteiger partial charge in [0.2, 0.25) is 0 Å². The average molecular weight is 312 g/mol. The first-order valence-corrected chi connectivity index (χ1v) is 8.77. The van der Waals surface area contributed by atoms with Crippen molar-refractivity contribution in [2.45, 2.75) is 26.7 Å². The van der Waals surface area contributed by atoms with Gasteiger partial charge in [-0.15, -0.1) is 0 Å². The predicted molar refractivity (Wildman–Crippen MR) is 106 cm³/mol. The number of aryl methyl sites for hydroxylation is 1. The molecule has 0 heterocycles. The molecule has 0 bridgehead atoms. The Labute approximate surface area is 145 Å². The van der Waals surface area contributed by atoms with Crippen LogP contribution in [-0.4, -0.2) is 0 Å². The van der Waals surface area contributed by atoms with E-state index in [1.165, 1.54) is 33.4 Å². The molecular weight excluding hydrogens is 288 g/mol. The van der Waals surface area contributed by atoms with E-state index >= 15 is 0 Å². The molecule has 0 aliphatic rings. The Kier molecular flexibility index (Phi) is 5.28. The van der Waals surface area contributed by atoms with Gasteiger partial charge in [0.1, 0.15) is 0 Å². The molecule has 0 atom stereocenters. The zero-order valence-electron chi connectivity index (χ0n) is 14.5. The summed E-state index contributed by atoms with van der Waals surface area (Å²) in [4.78, 5) is 0. The SMILES string of the molecule is CC/C=C/c1cccc(-c2ccc(-c3ccccc3CC)cc2)c1. The van der Waals surface area contributed by atoms with Gasteiger partial charge in [0.15, 0.2) is 0 Å². The largest absolute Gasteiger partial charge is 0.0842 e. The zero-order valence-corrected chi connectivity index (χ0v) is 14.5. The van der Waals surface area contributed by atoms with Crippen LogP contribution in [0.4, 0.5) is 0 Å². The van der Waals surface area contributed by atoms with Gasteiger partial charge in [0, 0.05) is 0 Å². The second-order valence-electron chi connectivity index (χ2n) is 6.02. The highest BCUT2D eigenvalue weighted by molar-refractivity contribution is 5.73. The highest BCUT2D eigenvalue weighted by atomic mass is 14.1. The second-order valence-corrected chi connectivity index (χ2v) is 6.02. The number of hydrogen-bond donors (Lipinski definition) is 0. The number of hydrogen-bond acceptors (Lipinski definition) is 0. The van der Waals surface area contributed by atoms with Gasteiger partial charge in [-0.1, -0.05) is 92.7 Å². The van der Waals surface area contributed by atoms with E-state index in [4.69, 9.17) is 0 Å². The van der Waals surface area contributed by atoms with Crippen molar-refractivity contribution in [1.29, 1.82) is 0 Å². The first kappa shape index (κ1) is 16.3. The lowest BCUT2D eigenvalue weighted by molar-refractivity contribution is 1.14. The van der Waals surface area contributed by atoms with E-state index in [9.17, 15) is 0 Å². The lowest BCUT2D eigenvalue weighted by atomic mass is 9.95. The van der Waals surface area contributed by atoms with Gasteiger partial charge in [-0.25, -0.2) is 0 Å². The standard InChI is InChI=1S/C24H24/c1-3-5-9-19-10-8-12-23(18-19)21-14-16-22(17-15-21)24-13-7-6-11-20(24)4-2/h5-18H,3-4H2,1-2H3/b9-5+. The minimum Gasteiger partial charge on any atom is -0.0842 e. The lowest BCUT2D eigenvalue weighted by Crippen LogP contribution is -1.87. The second kappa shape index (κ2) is 7.79. The number of benzene rings is 3. The minimum absolute atomic E-state index is 1.06. The van der Waals surface area contributed by atoms with Crippen LogP contribution in [0.25, 0.3) is 28.3 Å². The van der Waals surface area contributed by atoms with E-state index in [0.717, 1.165) is 12.8 Å². The first-order valence-electron chi connectivity index (χ1n) is 8.77. The van der Waals surface area contributed by atoms with Crippen LogP contribution in [0.3, 0.4) is 0 Å². The molecule has 0 N–H and O–H groups in total. The number of rotatable bonds is 5. The zero-order chi connectivity index (χ0) is 16.8. The minimum atomic E-state index is 1.06. The lowest BCUT2D eigenvalue weighted by Gasteiger charge is -2.09. The molecule has 24 heavy (non-hydrogen) atoms. The normalized spacial score (nSPS) is 11.1. The van der Waals surface area contributed by atoms with Gasteiger partial charge < -0.3 is 0 Å². The quantitative estimate of drug-likeness (QED) is 0.475. The fourth-order valence-corrected chi connectivity index (χ4v) is 3.03. The summed E-state index contributed by atoms with van der Waals surface area (Å²) in [5, 5.41) is 0. The molecule has 3 aromatic carbocycles. The van der Waals surface area contributed by atoms with Crippen LogP contribution in [0, 0.1) is 0 Å². The average Bonchev–Trinajstić information content (AvgIpc) is 2.66. The van der Waals surface area contributed by atoms with Crippen molar-refractivity contribution in [3.63, 3.8) is 0 Å². The Morgan fingerprint density at radius 2 is 1.46 bits per heavy atom. The van der Waals surface area contributed by atoms with Gasteiger partial charge in [-0.05, 0) is 52.3 Å². The maximum Gasteiger partial charge on any atom is -0.0152 e. The Morgan fingerprint density at radius 1 is 0.708 bits per heavy atom. The van der Waals surface area contributed by atoms with E-state index in [0.29, 0.717) is 0 Å². The Hall–Kier alpha value is -2.60. The summed E-state index contributed by atoms with van der Waals surface area (Å²) in [7, 11) is 0. The summed E-state index contributed by atoms with van der Waals surface area (Å²) in [6.45, 7) is 4.37. The third kappa shape index (κ3) is 3.65. The van der Waals surface area contributed by atoms with Crippen molar-refractivity contribution in [2.24, 2.45) is 0 Å². The fraction of sp³-hybridized carbons (Fsp3) is 0.167. The fourth-order valence-electron chi connectivity index (χ4n) is 3.03. The van der Waals surface area contributed by atoms with Crippen LogP contribution >= 0.6 is 0 Å². The van der Waals surface area contributed by atoms with E-state index in [1.54, 1.807) is 0 Å². The molecule has 0 radical (unpaired) electrons. The molecule has 0 fully saturated rings. The summed E-state index contributed by atoms with van der Waals surface area (Å²) >= 11 is 0. The molecule has 0 spiro atoms. The third-order valence-electron chi connectivity index (χ3n) is 4.36. The highest BCUT2D eigenvalue weighted by Crippen LogP contribution is 2.28. The van der Waals surface area contributed by atoms with Gasteiger partial charge in [0.25, 0.3) is 0 Å². The number of allylic oxidation sites excluding steroid dienone is 1. The van der Waals surface area contributed by atoms with E-state index < -0.39 is 0 Å². The molecule has 0 aliphatic carbocycles. The summed E-state index contributed by atoms with van der Waals surface area (Å²) in [5.41, 5.74) is 7.82. The molecule has 0 amide bonds. The molecule has 120 valence electrons. The summed E-state index contributed by atoms with van der Waals surface area (Å²) in [6.07, 6.45) is 6.51. The van der Waals surface area contributed by atoms with Gasteiger partial charge >= 0.3 is 0 Å². The topological polar surface area (TPSA) is 0 Å². The van der Waals surface area contributed by atoms with Crippen molar-refractivity contribution < 1.29 is 0 Å². The smallest absolute Gasteiger partial charge is 0.0152 e. The van der Waals surface area contributed by atoms with Crippen LogP contribution < -0.4 is 0 Å². The van der Waals surface area contributed by atoms with Crippen LogP contribution in [0.1, 0.15) is 31.4 Å². The molecule has 0 aromatic heterocycles. The Morgan fingerprint density at radius 3 is 2.21 bits per heavy atom. The molecular formula is C24H24. The summed E-state index contributed by atoms with van der Waals surface area (Å²) in [6, 6.07) is 26.3. The molecule has 0 nitrogen and oxygen atoms in total. The molecule has 0 saturated heterocycles. The molecule has 3 aromatic rings. The maximum atomic E-state index is 2.25. The van der Waals surface area contributed by atoms with E-state index in [1.807, 2.05) is 0 Å². The van der Waals surface area contributed by atoms with Crippen molar-refractivity contribution in [2.75, 3.05) is 0 Å². The van der Waals surface area contributed by atoms with Crippen molar-refractivity contribution in [1.82, 2.24) is 0 Å². The molecule has 0 heteroatoms. The molecule has 0 unspecified atom stereocenters. The third-order valence-corrected chi connectivity index (χ3v) is 4.36. The van der Waals surface area contributed by atoms with Gasteiger partial charge in [-0.2, -0.15) is 0 Å². The Bertz CT molecular complexity index is 823. The monoisotopic (exact) mass is 312 g/mol.